The molecule has 0 heterocycles. The Hall–Kier alpha value is -0.710. The van der Waals surface area contributed by atoms with Crippen LogP contribution in [0.25, 0.3) is 0 Å². The summed E-state index contributed by atoms with van der Waals surface area (Å²) in [5, 5.41) is 0. The summed E-state index contributed by atoms with van der Waals surface area (Å²) in [6.07, 6.45) is 3.79. The molecule has 0 aromatic rings. The molecule has 0 saturated heterocycles. The van der Waals surface area contributed by atoms with Gasteiger partial charge in [-0.15, -0.1) is 15.2 Å². The van der Waals surface area contributed by atoms with Crippen molar-refractivity contribution in [3.63, 3.8) is 0 Å². The third-order valence-electron chi connectivity index (χ3n) is 2.31. The minimum Gasteiger partial charge on any atom is -0.339 e. The van der Waals surface area contributed by atoms with Crippen molar-refractivity contribution in [2.24, 2.45) is 0 Å². The summed E-state index contributed by atoms with van der Waals surface area (Å²) in [6, 6.07) is 0. The fourth-order valence-corrected chi connectivity index (χ4v) is 7.52. The van der Waals surface area contributed by atoms with Crippen molar-refractivity contribution in [2.45, 2.75) is 13.8 Å². The Morgan fingerprint density at radius 3 is 1.53 bits per heavy atom. The SMILES string of the molecule is [CH2-]CP(C)CC.[CH2-][P+](C)(CC)CP(C)C.[Rf].[Rf]. The topological polar surface area (TPSA) is 0 Å². The van der Waals surface area contributed by atoms with Crippen LogP contribution in [0.1, 0.15) is 13.8 Å². The van der Waals surface area contributed by atoms with Gasteiger partial charge in [0.1, 0.15) is 0 Å². The second-order valence-corrected chi connectivity index (χ2v) is 14.5. The summed E-state index contributed by atoms with van der Waals surface area (Å²) in [5.41, 5.74) is 0. The van der Waals surface area contributed by atoms with E-state index in [2.05, 4.69) is 54.1 Å². The van der Waals surface area contributed by atoms with E-state index in [1.807, 2.05) is 0 Å². The normalized spacial score (nSPS) is 14.6. The van der Waals surface area contributed by atoms with Crippen LogP contribution in [0.15, 0.2) is 0 Å². The van der Waals surface area contributed by atoms with E-state index in [-0.39, 0.29) is 0 Å². The van der Waals surface area contributed by atoms with Gasteiger partial charge in [0, 0.05) is 12.8 Å². The molecule has 0 aliphatic heterocycles. The second-order valence-electron chi connectivity index (χ2n) is 4.55. The van der Waals surface area contributed by atoms with Gasteiger partial charge in [-0.3, -0.25) is 0 Å². The van der Waals surface area contributed by atoms with Crippen LogP contribution < -0.4 is 0 Å². The maximum atomic E-state index is 4.26. The molecule has 0 aliphatic carbocycles. The van der Waals surface area contributed by atoms with Crippen molar-refractivity contribution in [1.82, 2.24) is 0 Å². The van der Waals surface area contributed by atoms with Gasteiger partial charge < -0.3 is 6.92 Å². The predicted molar refractivity (Wildman–Crippen MR) is 86.0 cm³/mol. The zero-order valence-corrected chi connectivity index (χ0v) is 28.5. The molecule has 0 amide bonds. The molecular weight excluding hydrogens is 771 g/mol. The van der Waals surface area contributed by atoms with Crippen LogP contribution in [0.3, 0.4) is 0 Å². The number of hydrogen-bond acceptors (Lipinski definition) is 0. The Morgan fingerprint density at radius 2 is 1.47 bits per heavy atom. The maximum absolute atomic E-state index is 4.26. The summed E-state index contributed by atoms with van der Waals surface area (Å²) >= 11 is 0. The van der Waals surface area contributed by atoms with Crippen LogP contribution in [0, 0.1) is 13.6 Å². The molecule has 2 unspecified atom stereocenters. The van der Waals surface area contributed by atoms with Crippen molar-refractivity contribution in [2.75, 3.05) is 51.0 Å². The Kier molecular flexibility index (Phi) is 19.8. The van der Waals surface area contributed by atoms with E-state index < -0.39 is 7.26 Å². The van der Waals surface area contributed by atoms with Gasteiger partial charge in [0.05, 0.1) is 5.90 Å². The van der Waals surface area contributed by atoms with E-state index in [9.17, 15) is 0 Å². The predicted octanol–water partition coefficient (Wildman–Crippen LogP) is 5.10. The van der Waals surface area contributed by atoms with Gasteiger partial charge in [-0.2, -0.15) is 12.8 Å². The summed E-state index contributed by atoms with van der Waals surface area (Å²) < 4.78 is 0. The minimum atomic E-state index is -0.701. The molecule has 0 spiro atoms. The third kappa shape index (κ3) is 21.2. The van der Waals surface area contributed by atoms with Crippen molar-refractivity contribution in [3.8, 4) is 0 Å². The standard InChI is InChI=1S/C7H18P2.C5H12P.2Rf/c1-6-9(4,5)7-8(2)3;1-4-6(3)5-2;;/h4,6-7H2,1-3,5H3;1,4-5H2,2-3H3;;/q;-1;;. The first-order chi connectivity index (χ1) is 6.79. The molecule has 0 rings (SSSR count). The van der Waals surface area contributed by atoms with Crippen LogP contribution in [-0.2, 0) is 0 Å². The van der Waals surface area contributed by atoms with Gasteiger partial charge in [-0.1, -0.05) is 14.8 Å². The molecule has 17 heavy (non-hydrogen) atoms. The second kappa shape index (κ2) is 13.4. The molecule has 0 saturated carbocycles. The largest absolute Gasteiger partial charge is 0.339 e. The van der Waals surface area contributed by atoms with Crippen LogP contribution in [0.2, 0.25) is 0 Å². The van der Waals surface area contributed by atoms with Crippen LogP contribution in [0.4, 0.5) is 0 Å². The van der Waals surface area contributed by atoms with E-state index in [0.717, 1.165) is 6.16 Å². The molecule has 0 fully saturated rings. The van der Waals surface area contributed by atoms with Crippen molar-refractivity contribution < 1.29 is 0 Å². The number of hydrogen-bond donors (Lipinski definition) is 0. The summed E-state index contributed by atoms with van der Waals surface area (Å²) in [6.45, 7) is 21.8. The molecule has 0 nitrogen and oxygen atoms in total. The van der Waals surface area contributed by atoms with E-state index in [4.69, 9.17) is 0 Å². The molecule has 0 aromatic heterocycles. The zero-order valence-electron chi connectivity index (χ0n) is 13.0. The van der Waals surface area contributed by atoms with Crippen LogP contribution >= 0.6 is 23.1 Å². The van der Waals surface area contributed by atoms with Gasteiger partial charge in [0.2, 0.25) is 0 Å². The fraction of sp³-hybridized carbons (Fsp3) is 0.833. The first-order valence-electron chi connectivity index (χ1n) is 5.60. The number of rotatable bonds is 5. The molecule has 0 aromatic carbocycles. The monoisotopic (exact) mass is 801 g/mol. The van der Waals surface area contributed by atoms with E-state index in [1.54, 1.807) is 0 Å². The Labute approximate surface area is 102 Å². The summed E-state index contributed by atoms with van der Waals surface area (Å²) in [5.74, 6) is 1.42. The molecule has 0 aliphatic rings. The van der Waals surface area contributed by atoms with E-state index in [1.165, 1.54) is 18.2 Å². The smallest absolute Gasteiger partial charge is 0.0502 e. The van der Waals surface area contributed by atoms with Crippen molar-refractivity contribution in [3.05, 3.63) is 13.6 Å². The summed E-state index contributed by atoms with van der Waals surface area (Å²) in [4.78, 5) is 0. The van der Waals surface area contributed by atoms with Gasteiger partial charge in [0.15, 0.2) is 0 Å². The Balaban J connectivity index is -0.0000000945. The first kappa shape index (κ1) is 25.2. The molecule has 0 bridgehead atoms. The van der Waals surface area contributed by atoms with E-state index >= 15 is 0 Å². The van der Waals surface area contributed by atoms with Crippen molar-refractivity contribution >= 4 is 23.1 Å². The van der Waals surface area contributed by atoms with Gasteiger partial charge in [-0.05, 0) is 33.1 Å². The van der Waals surface area contributed by atoms with Gasteiger partial charge >= 0.3 is 0 Å². The maximum Gasteiger partial charge on any atom is 0.0502 e. The van der Waals surface area contributed by atoms with Crippen LogP contribution in [0.5, 0.6) is 0 Å². The van der Waals surface area contributed by atoms with E-state index in [0.29, 0.717) is 15.8 Å². The molecule has 2 atom stereocenters. The molecule has 0 N–H and O–H groups in total. The zero-order chi connectivity index (χ0) is 12.5. The van der Waals surface area contributed by atoms with Gasteiger partial charge in [-0.25, -0.2) is 0 Å². The minimum absolute atomic E-state index is 0. The first-order valence-corrected chi connectivity index (χ1v) is 13.0. The van der Waals surface area contributed by atoms with Gasteiger partial charge in [0.25, 0.3) is 0 Å². The average Bonchev–Trinajstić information content (AvgIpc) is 2.16. The third-order valence-corrected chi connectivity index (χ3v) is 10.7. The molecular formula is C12H30P3Rf2-. The van der Waals surface area contributed by atoms with Crippen LogP contribution in [-0.4, -0.2) is 51.0 Å². The molecule has 98 valence electrons. The average molecular weight is 801 g/mol. The Bertz CT molecular complexity index is 138. The Morgan fingerprint density at radius 1 is 1.06 bits per heavy atom. The molecule has 5 heteroatoms. The van der Waals surface area contributed by atoms with Crippen molar-refractivity contribution in [1.29, 1.82) is 0 Å². The molecule has 0 radical (unpaired) electrons. The quantitative estimate of drug-likeness (QED) is 0.269. The fourth-order valence-electron chi connectivity index (χ4n) is 0.941. The summed E-state index contributed by atoms with van der Waals surface area (Å²) in [7, 11) is -0.0954.